The minimum absolute atomic E-state index is 0.139. The minimum atomic E-state index is -0.611. The lowest BCUT2D eigenvalue weighted by molar-refractivity contribution is 0.0456. The first-order valence-corrected chi connectivity index (χ1v) is 5.85. The molecule has 0 saturated heterocycles. The zero-order valence-electron chi connectivity index (χ0n) is 10.5. The number of carbonyl (C=O) groups excluding carboxylic acids is 1. The van der Waals surface area contributed by atoms with Crippen LogP contribution in [0, 0.1) is 5.82 Å². The van der Waals surface area contributed by atoms with Crippen LogP contribution in [-0.4, -0.2) is 15.7 Å². The van der Waals surface area contributed by atoms with E-state index in [0.717, 1.165) is 0 Å². The van der Waals surface area contributed by atoms with Crippen molar-refractivity contribution >= 4 is 11.7 Å². The lowest BCUT2D eigenvalue weighted by Crippen LogP contribution is -2.14. The number of nitrogens with zero attached hydrogens (tertiary/aromatic N) is 2. The maximum atomic E-state index is 13.4. The summed E-state index contributed by atoms with van der Waals surface area (Å²) in [5.41, 5.74) is 6.42. The third kappa shape index (κ3) is 2.73. The molecule has 6 heteroatoms. The molecule has 0 spiro atoms. The van der Waals surface area contributed by atoms with E-state index in [1.54, 1.807) is 18.2 Å². The Morgan fingerprint density at radius 2 is 2.21 bits per heavy atom. The van der Waals surface area contributed by atoms with Gasteiger partial charge in [-0.1, -0.05) is 18.2 Å². The number of benzene rings is 1. The summed E-state index contributed by atoms with van der Waals surface area (Å²) in [5.74, 6) is -1.02. The fourth-order valence-corrected chi connectivity index (χ4v) is 1.69. The van der Waals surface area contributed by atoms with Crippen molar-refractivity contribution < 1.29 is 13.9 Å². The largest absolute Gasteiger partial charge is 0.456 e. The van der Waals surface area contributed by atoms with Crippen molar-refractivity contribution in [3.05, 3.63) is 47.5 Å². The molecule has 19 heavy (non-hydrogen) atoms. The Balaban J connectivity index is 2.10. The van der Waals surface area contributed by atoms with Gasteiger partial charge in [0.1, 0.15) is 12.4 Å². The summed E-state index contributed by atoms with van der Waals surface area (Å²) in [5, 5.41) is 3.94. The Labute approximate surface area is 109 Å². The highest BCUT2D eigenvalue weighted by molar-refractivity contribution is 5.93. The van der Waals surface area contributed by atoms with Crippen molar-refractivity contribution in [2.24, 2.45) is 0 Å². The zero-order valence-corrected chi connectivity index (χ0v) is 10.5. The molecule has 0 atom stereocenters. The summed E-state index contributed by atoms with van der Waals surface area (Å²) >= 11 is 0. The van der Waals surface area contributed by atoms with Gasteiger partial charge in [-0.15, -0.1) is 0 Å². The number of esters is 1. The molecule has 0 aliphatic rings. The second-order valence-electron chi connectivity index (χ2n) is 3.93. The van der Waals surface area contributed by atoms with Gasteiger partial charge in [0.15, 0.2) is 5.69 Å². The second kappa shape index (κ2) is 5.51. The number of ether oxygens (including phenoxy) is 1. The van der Waals surface area contributed by atoms with Gasteiger partial charge in [0.25, 0.3) is 0 Å². The molecule has 0 aliphatic carbocycles. The first-order valence-electron chi connectivity index (χ1n) is 5.85. The van der Waals surface area contributed by atoms with E-state index in [9.17, 15) is 9.18 Å². The average molecular weight is 263 g/mol. The number of aryl methyl sites for hydroxylation is 1. The van der Waals surface area contributed by atoms with Crippen molar-refractivity contribution in [2.75, 3.05) is 5.73 Å². The summed E-state index contributed by atoms with van der Waals surface area (Å²) in [4.78, 5) is 11.9. The van der Waals surface area contributed by atoms with E-state index in [1.165, 1.54) is 16.9 Å². The van der Waals surface area contributed by atoms with Gasteiger partial charge in [-0.25, -0.2) is 9.18 Å². The first-order chi connectivity index (χ1) is 9.13. The van der Waals surface area contributed by atoms with Crippen LogP contribution in [0.15, 0.2) is 30.5 Å². The van der Waals surface area contributed by atoms with Crippen LogP contribution >= 0.6 is 0 Å². The highest BCUT2D eigenvalue weighted by Crippen LogP contribution is 2.14. The topological polar surface area (TPSA) is 70.1 Å². The maximum absolute atomic E-state index is 13.4. The van der Waals surface area contributed by atoms with Crippen LogP contribution in [0.25, 0.3) is 0 Å². The SMILES string of the molecule is CCn1ncc(N)c1C(=O)OCc1ccccc1F. The van der Waals surface area contributed by atoms with E-state index in [0.29, 0.717) is 12.1 Å². The molecule has 0 bridgehead atoms. The van der Waals surface area contributed by atoms with Gasteiger partial charge in [-0.3, -0.25) is 4.68 Å². The molecule has 2 N–H and O–H groups in total. The molecule has 2 rings (SSSR count). The van der Waals surface area contributed by atoms with Gasteiger partial charge in [-0.2, -0.15) is 5.10 Å². The number of hydrogen-bond donors (Lipinski definition) is 1. The molecule has 0 fully saturated rings. The van der Waals surface area contributed by atoms with Gasteiger partial charge in [0.2, 0.25) is 0 Å². The van der Waals surface area contributed by atoms with Crippen LogP contribution in [0.3, 0.4) is 0 Å². The number of hydrogen-bond acceptors (Lipinski definition) is 4. The minimum Gasteiger partial charge on any atom is -0.456 e. The Kier molecular flexibility index (Phi) is 3.79. The monoisotopic (exact) mass is 263 g/mol. The third-order valence-corrected chi connectivity index (χ3v) is 2.68. The molecule has 1 heterocycles. The Bertz CT molecular complexity index is 595. The third-order valence-electron chi connectivity index (χ3n) is 2.68. The highest BCUT2D eigenvalue weighted by atomic mass is 19.1. The average Bonchev–Trinajstić information content (AvgIpc) is 2.78. The van der Waals surface area contributed by atoms with E-state index >= 15 is 0 Å². The van der Waals surface area contributed by atoms with Crippen LogP contribution in [-0.2, 0) is 17.9 Å². The Hall–Kier alpha value is -2.37. The molecule has 1 aromatic heterocycles. The predicted octanol–water partition coefficient (Wildman–Crippen LogP) is 1.98. The number of halogens is 1. The zero-order chi connectivity index (χ0) is 13.8. The van der Waals surface area contributed by atoms with E-state index < -0.39 is 11.8 Å². The number of rotatable bonds is 4. The van der Waals surface area contributed by atoms with Gasteiger partial charge in [0.05, 0.1) is 11.9 Å². The number of nitrogens with two attached hydrogens (primary N) is 1. The van der Waals surface area contributed by atoms with Gasteiger partial charge in [0, 0.05) is 12.1 Å². The summed E-state index contributed by atoms with van der Waals surface area (Å²) in [6, 6.07) is 6.12. The lowest BCUT2D eigenvalue weighted by atomic mass is 10.2. The fourth-order valence-electron chi connectivity index (χ4n) is 1.69. The molecule has 1 aromatic carbocycles. The van der Waals surface area contributed by atoms with E-state index in [-0.39, 0.29) is 18.0 Å². The van der Waals surface area contributed by atoms with Crippen LogP contribution in [0.4, 0.5) is 10.1 Å². The molecular weight excluding hydrogens is 249 g/mol. The molecular formula is C13H14FN3O2. The standard InChI is InChI=1S/C13H14FN3O2/c1-2-17-12(11(15)7-16-17)13(18)19-8-9-5-3-4-6-10(9)14/h3-7H,2,8,15H2,1H3. The Morgan fingerprint density at radius 1 is 1.47 bits per heavy atom. The van der Waals surface area contributed by atoms with E-state index in [1.807, 2.05) is 6.92 Å². The second-order valence-corrected chi connectivity index (χ2v) is 3.93. The van der Waals surface area contributed by atoms with E-state index in [4.69, 9.17) is 10.5 Å². The smallest absolute Gasteiger partial charge is 0.359 e. The van der Waals surface area contributed by atoms with Crippen molar-refractivity contribution in [1.82, 2.24) is 9.78 Å². The fraction of sp³-hybridized carbons (Fsp3) is 0.231. The molecule has 0 radical (unpaired) electrons. The van der Waals surface area contributed by atoms with Crippen molar-refractivity contribution in [2.45, 2.75) is 20.1 Å². The number of aromatic nitrogens is 2. The van der Waals surface area contributed by atoms with Crippen molar-refractivity contribution in [1.29, 1.82) is 0 Å². The summed E-state index contributed by atoms with van der Waals surface area (Å²) in [6.07, 6.45) is 1.39. The van der Waals surface area contributed by atoms with Crippen molar-refractivity contribution in [3.63, 3.8) is 0 Å². The lowest BCUT2D eigenvalue weighted by Gasteiger charge is -2.07. The molecule has 0 saturated carbocycles. The summed E-state index contributed by atoms with van der Waals surface area (Å²) < 4.78 is 19.9. The Morgan fingerprint density at radius 3 is 2.89 bits per heavy atom. The van der Waals surface area contributed by atoms with Crippen LogP contribution in [0.5, 0.6) is 0 Å². The molecule has 100 valence electrons. The van der Waals surface area contributed by atoms with Crippen molar-refractivity contribution in [3.8, 4) is 0 Å². The molecule has 0 unspecified atom stereocenters. The maximum Gasteiger partial charge on any atom is 0.359 e. The van der Waals surface area contributed by atoms with Gasteiger partial charge in [-0.05, 0) is 13.0 Å². The number of anilines is 1. The van der Waals surface area contributed by atoms with Gasteiger partial charge < -0.3 is 10.5 Å². The quantitative estimate of drug-likeness (QED) is 0.856. The van der Waals surface area contributed by atoms with Crippen LogP contribution in [0.1, 0.15) is 23.0 Å². The molecule has 2 aromatic rings. The summed E-state index contributed by atoms with van der Waals surface area (Å²) in [6.45, 7) is 2.20. The van der Waals surface area contributed by atoms with E-state index in [2.05, 4.69) is 5.10 Å². The summed E-state index contributed by atoms with van der Waals surface area (Å²) in [7, 11) is 0. The predicted molar refractivity (Wildman–Crippen MR) is 67.8 cm³/mol. The molecule has 0 amide bonds. The highest BCUT2D eigenvalue weighted by Gasteiger charge is 2.18. The molecule has 5 nitrogen and oxygen atoms in total. The first kappa shape index (κ1) is 13.1. The number of nitrogen functional groups attached to an aromatic ring is 1. The van der Waals surface area contributed by atoms with Crippen LogP contribution in [0.2, 0.25) is 0 Å². The molecule has 0 aliphatic heterocycles. The normalized spacial score (nSPS) is 10.4. The number of carbonyl (C=O) groups is 1. The van der Waals surface area contributed by atoms with Crippen LogP contribution < -0.4 is 5.73 Å². The van der Waals surface area contributed by atoms with Gasteiger partial charge >= 0.3 is 5.97 Å².